The molecule has 0 saturated carbocycles. The lowest BCUT2D eigenvalue weighted by molar-refractivity contribution is -0.0364. The molecule has 0 radical (unpaired) electrons. The number of aliphatic hydroxyl groups excluding tert-OH is 5. The summed E-state index contributed by atoms with van der Waals surface area (Å²) in [6.07, 6.45) is 40.9. The molecule has 0 aliphatic heterocycles. The average Bonchev–Trinajstić information content (AvgIpc) is 3.10. The predicted octanol–water partition coefficient (Wildman–Crippen LogP) is 11.2. The first-order chi connectivity index (χ1) is 23.4. The van der Waals surface area contributed by atoms with Gasteiger partial charge in [-0.1, -0.05) is 214 Å². The molecule has 3 unspecified atom stereocenters. The Kier molecular flexibility index (Phi) is 53.1. The number of aliphatic hydroxyl groups is 5. The lowest BCUT2D eigenvalue weighted by atomic mass is 10.0. The van der Waals surface area contributed by atoms with Crippen LogP contribution in [0.25, 0.3) is 0 Å². The molecule has 0 aromatic heterocycles. The minimum Gasteiger partial charge on any atom is -0.394 e. The van der Waals surface area contributed by atoms with Gasteiger partial charge in [0.2, 0.25) is 0 Å². The van der Waals surface area contributed by atoms with Crippen LogP contribution in [0, 0.1) is 0 Å². The van der Waals surface area contributed by atoms with Crippen molar-refractivity contribution >= 4 is 0 Å². The van der Waals surface area contributed by atoms with Gasteiger partial charge in [-0.2, -0.15) is 0 Å². The molecule has 0 saturated heterocycles. The lowest BCUT2D eigenvalue weighted by Gasteiger charge is -2.10. The van der Waals surface area contributed by atoms with Gasteiger partial charge >= 0.3 is 0 Å². The van der Waals surface area contributed by atoms with E-state index in [1.807, 2.05) is 0 Å². The highest BCUT2D eigenvalue weighted by Gasteiger charge is 2.05. The van der Waals surface area contributed by atoms with Gasteiger partial charge in [0.15, 0.2) is 0 Å². The van der Waals surface area contributed by atoms with Crippen LogP contribution in [-0.2, 0) is 4.74 Å². The summed E-state index contributed by atoms with van der Waals surface area (Å²) in [5.41, 5.74) is 0. The molecular weight excluding hydrogens is 600 g/mol. The quantitative estimate of drug-likeness (QED) is 0.0419. The Labute approximate surface area is 301 Å². The summed E-state index contributed by atoms with van der Waals surface area (Å²) in [5, 5.41) is 44.0. The summed E-state index contributed by atoms with van der Waals surface area (Å²) in [7, 11) is 0. The standard InChI is InChI=1S/C20H42O.C16H34.C6H14O5/c1-3-5-7-9-11-12-13-15-17-19-20(21)18-16-14-10-8-6-4-2;1-3-5-7-9-11-13-15-16-14-12-10-8-6-4-2;7-1-5(9)3-11-4-6(10)2-8/h20-21H,3-19H2,1-2H3;3-16H2,1-2H3;5-10H,1-4H2. The topological polar surface area (TPSA) is 110 Å². The van der Waals surface area contributed by atoms with E-state index in [9.17, 15) is 5.11 Å². The van der Waals surface area contributed by atoms with E-state index in [0.717, 1.165) is 12.8 Å². The Morgan fingerprint density at radius 3 is 0.729 bits per heavy atom. The van der Waals surface area contributed by atoms with Crippen molar-refractivity contribution in [1.29, 1.82) is 0 Å². The fourth-order valence-electron chi connectivity index (χ4n) is 5.71. The van der Waals surface area contributed by atoms with Crippen LogP contribution in [0.15, 0.2) is 0 Å². The van der Waals surface area contributed by atoms with Crippen LogP contribution in [0.1, 0.15) is 227 Å². The number of hydrogen-bond acceptors (Lipinski definition) is 6. The zero-order valence-corrected chi connectivity index (χ0v) is 33.1. The molecule has 0 heterocycles. The highest BCUT2D eigenvalue weighted by atomic mass is 16.5. The summed E-state index contributed by atoms with van der Waals surface area (Å²) in [6.45, 7) is 8.31. The molecule has 294 valence electrons. The summed E-state index contributed by atoms with van der Waals surface area (Å²) in [4.78, 5) is 0. The molecule has 0 aliphatic rings. The smallest absolute Gasteiger partial charge is 0.100 e. The van der Waals surface area contributed by atoms with E-state index in [2.05, 4.69) is 27.7 Å². The second kappa shape index (κ2) is 48.9. The molecule has 48 heavy (non-hydrogen) atoms. The SMILES string of the molecule is CCCCCCCCCCCC(O)CCCCCCCC.CCCCCCCCCCCCCCCC.OCC(O)COCC(O)CO. The second-order valence-electron chi connectivity index (χ2n) is 14.3. The third-order valence-corrected chi connectivity index (χ3v) is 9.03. The zero-order valence-electron chi connectivity index (χ0n) is 33.1. The molecule has 0 rings (SSSR count). The molecule has 6 nitrogen and oxygen atoms in total. The van der Waals surface area contributed by atoms with Gasteiger partial charge in [-0.15, -0.1) is 0 Å². The number of unbranched alkanes of at least 4 members (excludes halogenated alkanes) is 26. The minimum absolute atomic E-state index is 0.0271. The maximum absolute atomic E-state index is 9.95. The van der Waals surface area contributed by atoms with Crippen LogP contribution in [0.3, 0.4) is 0 Å². The number of hydrogen-bond donors (Lipinski definition) is 5. The maximum Gasteiger partial charge on any atom is 0.100 e. The van der Waals surface area contributed by atoms with Gasteiger partial charge in [0.1, 0.15) is 12.2 Å². The fourth-order valence-corrected chi connectivity index (χ4v) is 5.71. The van der Waals surface area contributed by atoms with Gasteiger partial charge in [0.05, 0.1) is 32.5 Å². The molecule has 0 amide bonds. The van der Waals surface area contributed by atoms with Gasteiger partial charge in [0.25, 0.3) is 0 Å². The van der Waals surface area contributed by atoms with E-state index in [4.69, 9.17) is 25.2 Å². The van der Waals surface area contributed by atoms with E-state index in [0.29, 0.717) is 0 Å². The van der Waals surface area contributed by atoms with Crippen molar-refractivity contribution in [3.63, 3.8) is 0 Å². The predicted molar refractivity (Wildman–Crippen MR) is 209 cm³/mol. The molecule has 0 spiro atoms. The van der Waals surface area contributed by atoms with Crippen molar-refractivity contribution in [2.45, 2.75) is 245 Å². The molecule has 0 bridgehead atoms. The van der Waals surface area contributed by atoms with Crippen molar-refractivity contribution in [2.75, 3.05) is 26.4 Å². The molecule has 0 aromatic carbocycles. The lowest BCUT2D eigenvalue weighted by Crippen LogP contribution is -2.25. The van der Waals surface area contributed by atoms with Crippen LogP contribution in [0.5, 0.6) is 0 Å². The molecule has 3 atom stereocenters. The summed E-state index contributed by atoms with van der Waals surface area (Å²) < 4.78 is 4.72. The molecule has 5 N–H and O–H groups in total. The van der Waals surface area contributed by atoms with Crippen molar-refractivity contribution in [2.24, 2.45) is 0 Å². The normalized spacial score (nSPS) is 12.9. The third kappa shape index (κ3) is 52.6. The van der Waals surface area contributed by atoms with Crippen LogP contribution in [0.4, 0.5) is 0 Å². The minimum atomic E-state index is -0.916. The molecule has 6 heteroatoms. The second-order valence-corrected chi connectivity index (χ2v) is 14.3. The van der Waals surface area contributed by atoms with E-state index in [-0.39, 0.29) is 32.5 Å². The molecule has 0 fully saturated rings. The van der Waals surface area contributed by atoms with E-state index >= 15 is 0 Å². The van der Waals surface area contributed by atoms with Gasteiger partial charge in [0, 0.05) is 0 Å². The largest absolute Gasteiger partial charge is 0.394 e. The van der Waals surface area contributed by atoms with Crippen molar-refractivity contribution in [3.8, 4) is 0 Å². The van der Waals surface area contributed by atoms with Crippen LogP contribution in [0.2, 0.25) is 0 Å². The monoisotopic (exact) mass is 691 g/mol. The van der Waals surface area contributed by atoms with Crippen molar-refractivity contribution in [3.05, 3.63) is 0 Å². The first-order valence-electron chi connectivity index (χ1n) is 21.3. The molecular formula is C42H90O6. The Hall–Kier alpha value is -0.240. The maximum atomic E-state index is 9.95. The Balaban J connectivity index is -0.000000666. The van der Waals surface area contributed by atoms with E-state index in [1.54, 1.807) is 0 Å². The fraction of sp³-hybridized carbons (Fsp3) is 1.00. The Morgan fingerprint density at radius 2 is 0.521 bits per heavy atom. The molecule has 0 aromatic rings. The van der Waals surface area contributed by atoms with Crippen LogP contribution < -0.4 is 0 Å². The summed E-state index contributed by atoms with van der Waals surface area (Å²) >= 11 is 0. The zero-order chi connectivity index (χ0) is 36.2. The number of ether oxygens (including phenoxy) is 1. The van der Waals surface area contributed by atoms with Crippen LogP contribution >= 0.6 is 0 Å². The highest BCUT2D eigenvalue weighted by Crippen LogP contribution is 2.15. The Morgan fingerprint density at radius 1 is 0.312 bits per heavy atom. The molecule has 0 aliphatic carbocycles. The van der Waals surface area contributed by atoms with Gasteiger partial charge < -0.3 is 30.3 Å². The van der Waals surface area contributed by atoms with Crippen LogP contribution in [-0.4, -0.2) is 70.3 Å². The first kappa shape index (κ1) is 52.1. The average molecular weight is 691 g/mol. The van der Waals surface area contributed by atoms with Gasteiger partial charge in [-0.25, -0.2) is 0 Å². The third-order valence-electron chi connectivity index (χ3n) is 9.03. The first-order valence-corrected chi connectivity index (χ1v) is 21.3. The van der Waals surface area contributed by atoms with E-state index < -0.39 is 12.2 Å². The van der Waals surface area contributed by atoms with Crippen molar-refractivity contribution in [1.82, 2.24) is 0 Å². The Bertz CT molecular complexity index is 496. The summed E-state index contributed by atoms with van der Waals surface area (Å²) in [6, 6.07) is 0. The van der Waals surface area contributed by atoms with Gasteiger partial charge in [-0.05, 0) is 12.8 Å². The van der Waals surface area contributed by atoms with Crippen molar-refractivity contribution < 1.29 is 30.3 Å². The number of rotatable bonds is 36. The highest BCUT2D eigenvalue weighted by molar-refractivity contribution is 4.58. The van der Waals surface area contributed by atoms with Gasteiger partial charge in [-0.3, -0.25) is 0 Å². The summed E-state index contributed by atoms with van der Waals surface area (Å²) in [5.74, 6) is 0. The van der Waals surface area contributed by atoms with E-state index in [1.165, 1.54) is 186 Å².